The Kier molecular flexibility index (Phi) is 8.22. The number of amides is 1. The summed E-state index contributed by atoms with van der Waals surface area (Å²) in [4.78, 5) is 12.1. The Hall–Kier alpha value is -3.70. The fourth-order valence-corrected chi connectivity index (χ4v) is 6.62. The Bertz CT molecular complexity index is 1520. The number of ether oxygens (including phenoxy) is 3. The topological polar surface area (TPSA) is 128 Å². The number of sulfonamides is 1. The summed E-state index contributed by atoms with van der Waals surface area (Å²) < 4.78 is 44.2. The van der Waals surface area contributed by atoms with Crippen LogP contribution in [0.25, 0.3) is 11.1 Å². The fraction of sp³-hybridized carbons (Fsp3) is 0.300. The third-order valence-corrected chi connectivity index (χ3v) is 9.15. The van der Waals surface area contributed by atoms with Crippen LogP contribution in [0.5, 0.6) is 5.75 Å². The molecule has 3 aromatic rings. The van der Waals surface area contributed by atoms with Gasteiger partial charge in [-0.3, -0.25) is 4.79 Å². The molecule has 0 unspecified atom stereocenters. The number of hydrogen-bond acceptors (Lipinski definition) is 7. The van der Waals surface area contributed by atoms with Gasteiger partial charge in [-0.05, 0) is 64.6 Å². The summed E-state index contributed by atoms with van der Waals surface area (Å²) >= 11 is 0. The maximum Gasteiger partial charge on any atom is 0.283 e. The summed E-state index contributed by atoms with van der Waals surface area (Å²) in [5.41, 5.74) is 11.5. The van der Waals surface area contributed by atoms with Crippen molar-refractivity contribution in [2.45, 2.75) is 29.9 Å². The number of allylic oxidation sites excluding steroid dienone is 1. The molecule has 2 atom stereocenters. The van der Waals surface area contributed by atoms with Crippen LogP contribution in [0.1, 0.15) is 29.0 Å². The van der Waals surface area contributed by atoms with Gasteiger partial charge in [-0.2, -0.15) is 4.31 Å². The van der Waals surface area contributed by atoms with E-state index in [1.54, 1.807) is 18.2 Å². The maximum atomic E-state index is 13.2. The lowest BCUT2D eigenvalue weighted by Crippen LogP contribution is -2.38. The quantitative estimate of drug-likeness (QED) is 0.286. The van der Waals surface area contributed by atoms with Gasteiger partial charge >= 0.3 is 0 Å². The molecule has 40 heavy (non-hydrogen) atoms. The predicted octanol–water partition coefficient (Wildman–Crippen LogP) is 3.17. The van der Waals surface area contributed by atoms with Crippen LogP contribution < -0.4 is 10.5 Å². The lowest BCUT2D eigenvalue weighted by atomic mass is 9.90. The highest BCUT2D eigenvalue weighted by molar-refractivity contribution is 7.89. The van der Waals surface area contributed by atoms with Gasteiger partial charge in [-0.15, -0.1) is 0 Å². The van der Waals surface area contributed by atoms with Gasteiger partial charge in [-0.25, -0.2) is 8.42 Å². The molecule has 0 saturated heterocycles. The fourth-order valence-electron chi connectivity index (χ4n) is 5.20. The third kappa shape index (κ3) is 5.75. The Labute approximate surface area is 233 Å². The van der Waals surface area contributed by atoms with E-state index < -0.39 is 22.2 Å². The van der Waals surface area contributed by atoms with E-state index in [9.17, 15) is 18.3 Å². The molecule has 0 spiro atoms. The molecule has 210 valence electrons. The monoisotopic (exact) mass is 564 g/mol. The van der Waals surface area contributed by atoms with Gasteiger partial charge in [0.15, 0.2) is 5.76 Å². The maximum absolute atomic E-state index is 13.2. The van der Waals surface area contributed by atoms with Gasteiger partial charge in [-0.1, -0.05) is 42.5 Å². The first-order valence-corrected chi connectivity index (χ1v) is 14.5. The van der Waals surface area contributed by atoms with Crippen LogP contribution in [-0.4, -0.2) is 63.4 Å². The number of carbonyl (C=O) groups excluding carboxylic acids is 1. The second-order valence-electron chi connectivity index (χ2n) is 9.71. The van der Waals surface area contributed by atoms with Crippen molar-refractivity contribution in [3.05, 3.63) is 95.3 Å². The van der Waals surface area contributed by atoms with E-state index in [2.05, 4.69) is 24.3 Å². The summed E-state index contributed by atoms with van der Waals surface area (Å²) in [7, 11) is -2.39. The summed E-state index contributed by atoms with van der Waals surface area (Å²) in [6.07, 6.45) is 2.19. The first-order chi connectivity index (χ1) is 19.3. The molecule has 9 nitrogen and oxygen atoms in total. The van der Waals surface area contributed by atoms with E-state index in [4.69, 9.17) is 19.9 Å². The molecule has 0 fully saturated rings. The molecule has 0 bridgehead atoms. The lowest BCUT2D eigenvalue weighted by molar-refractivity contribution is -0.144. The second kappa shape index (κ2) is 11.8. The van der Waals surface area contributed by atoms with Gasteiger partial charge in [0.1, 0.15) is 5.75 Å². The highest BCUT2D eigenvalue weighted by atomic mass is 32.2. The number of aliphatic hydroxyl groups excluding tert-OH is 1. The van der Waals surface area contributed by atoms with E-state index >= 15 is 0 Å². The number of carbonyl (C=O) groups is 1. The molecule has 1 amide bonds. The molecule has 5 rings (SSSR count). The molecule has 1 heterocycles. The molecule has 3 aromatic carbocycles. The number of rotatable bonds is 11. The van der Waals surface area contributed by atoms with Crippen molar-refractivity contribution in [1.82, 2.24) is 4.31 Å². The molecule has 10 heteroatoms. The number of nitrogens with zero attached hydrogens (tertiary/aromatic N) is 1. The van der Waals surface area contributed by atoms with E-state index in [1.807, 2.05) is 18.2 Å². The molecule has 0 radical (unpaired) electrons. The zero-order valence-electron chi connectivity index (χ0n) is 22.2. The lowest BCUT2D eigenvalue weighted by Gasteiger charge is -2.30. The second-order valence-corrected chi connectivity index (χ2v) is 11.6. The summed E-state index contributed by atoms with van der Waals surface area (Å²) in [5, 5.41) is 9.51. The zero-order chi connectivity index (χ0) is 28.3. The van der Waals surface area contributed by atoms with Gasteiger partial charge in [0.25, 0.3) is 5.91 Å². The van der Waals surface area contributed by atoms with Crippen molar-refractivity contribution in [2.75, 3.05) is 33.4 Å². The van der Waals surface area contributed by atoms with E-state index in [0.717, 1.165) is 16.3 Å². The van der Waals surface area contributed by atoms with E-state index in [0.29, 0.717) is 12.2 Å². The Morgan fingerprint density at radius 1 is 1.05 bits per heavy atom. The highest BCUT2D eigenvalue weighted by Crippen LogP contribution is 2.39. The van der Waals surface area contributed by atoms with Crippen LogP contribution in [-0.2, 0) is 30.7 Å². The van der Waals surface area contributed by atoms with Crippen molar-refractivity contribution in [1.29, 1.82) is 0 Å². The van der Waals surface area contributed by atoms with Crippen molar-refractivity contribution >= 4 is 15.9 Å². The largest absolute Gasteiger partial charge is 0.497 e. The minimum atomic E-state index is -3.89. The van der Waals surface area contributed by atoms with Crippen molar-refractivity contribution in [3.63, 3.8) is 0 Å². The van der Waals surface area contributed by atoms with Crippen molar-refractivity contribution in [3.8, 4) is 16.9 Å². The van der Waals surface area contributed by atoms with Gasteiger partial charge < -0.3 is 25.1 Å². The van der Waals surface area contributed by atoms with Crippen LogP contribution in [0.15, 0.2) is 83.5 Å². The number of fused-ring (bicyclic) bond motifs is 3. The predicted molar refractivity (Wildman–Crippen MR) is 149 cm³/mol. The molecule has 0 aromatic heterocycles. The number of benzene rings is 3. The highest BCUT2D eigenvalue weighted by Gasteiger charge is 2.30. The number of aliphatic hydroxyl groups is 1. The summed E-state index contributed by atoms with van der Waals surface area (Å²) in [6.45, 7) is -0.492. The Morgan fingerprint density at radius 3 is 2.52 bits per heavy atom. The normalized spacial score (nSPS) is 18.0. The summed E-state index contributed by atoms with van der Waals surface area (Å²) in [6, 6.07) is 20.7. The Morgan fingerprint density at radius 2 is 1.80 bits per heavy atom. The minimum absolute atomic E-state index is 0.0156. The molecular weight excluding hydrogens is 532 g/mol. The standard InChI is InChI=1S/C30H32N2O7S/c1-37-24-7-9-25(10-8-24)40(35,36)32(12-14-33)13-15-38-29-19-22(18-28(39-29)30(31)34)20-6-11-27-23(16-20)17-21-4-2-3-5-26(21)27/h2-11,16,18,22,29,33H,12-15,17,19H2,1H3,(H2,31,34)/t22-,29+/m0/s1. The SMILES string of the molecule is COc1ccc(S(=O)(=O)N(CCO)CCO[C@H]2C[C@@H](c3ccc4c(c3)Cc3ccccc3-4)C=C(C(N)=O)O2)cc1. The van der Waals surface area contributed by atoms with Gasteiger partial charge in [0, 0.05) is 25.4 Å². The smallest absolute Gasteiger partial charge is 0.283 e. The first kappa shape index (κ1) is 27.9. The molecule has 2 aliphatic rings. The van der Waals surface area contributed by atoms with E-state index in [1.165, 1.54) is 41.5 Å². The van der Waals surface area contributed by atoms with E-state index in [-0.39, 0.29) is 42.9 Å². The zero-order valence-corrected chi connectivity index (χ0v) is 23.0. The first-order valence-electron chi connectivity index (χ1n) is 13.1. The van der Waals surface area contributed by atoms with Crippen LogP contribution in [0.4, 0.5) is 0 Å². The number of hydrogen-bond donors (Lipinski definition) is 2. The molecule has 0 saturated carbocycles. The van der Waals surface area contributed by atoms with Gasteiger partial charge in [0.2, 0.25) is 16.3 Å². The van der Waals surface area contributed by atoms with Crippen molar-refractivity contribution < 1.29 is 32.5 Å². The van der Waals surface area contributed by atoms with Crippen molar-refractivity contribution in [2.24, 2.45) is 5.73 Å². The van der Waals surface area contributed by atoms with Gasteiger partial charge in [0.05, 0.1) is 25.2 Å². The Balaban J connectivity index is 1.28. The van der Waals surface area contributed by atoms with Crippen LogP contribution in [0.2, 0.25) is 0 Å². The average Bonchev–Trinajstić information content (AvgIpc) is 3.34. The van der Waals surface area contributed by atoms with Crippen LogP contribution >= 0.6 is 0 Å². The molecule has 1 aliphatic heterocycles. The van der Waals surface area contributed by atoms with Crippen LogP contribution in [0, 0.1) is 0 Å². The number of primary amides is 1. The molecular formula is C30H32N2O7S. The number of methoxy groups -OCH3 is 1. The molecule has 3 N–H and O–H groups in total. The average molecular weight is 565 g/mol. The molecule has 1 aliphatic carbocycles. The minimum Gasteiger partial charge on any atom is -0.497 e. The third-order valence-electron chi connectivity index (χ3n) is 7.24. The summed E-state index contributed by atoms with van der Waals surface area (Å²) in [5.74, 6) is -0.322. The number of nitrogens with two attached hydrogens (primary N) is 1. The van der Waals surface area contributed by atoms with Crippen LogP contribution in [0.3, 0.4) is 0 Å².